The zero-order chi connectivity index (χ0) is 14.3. The van der Waals surface area contributed by atoms with Gasteiger partial charge in [0.1, 0.15) is 5.75 Å². The van der Waals surface area contributed by atoms with Crippen LogP contribution in [0.2, 0.25) is 0 Å². The third kappa shape index (κ3) is 4.67. The minimum Gasteiger partial charge on any atom is -0.497 e. The molecule has 0 saturated carbocycles. The molecule has 1 aromatic carbocycles. The molecule has 0 amide bonds. The maximum atomic E-state index is 12.2. The molecule has 3 heteroatoms. The fourth-order valence-electron chi connectivity index (χ4n) is 2.05. The number of hydrogen-bond acceptors (Lipinski definition) is 3. The first-order chi connectivity index (χ1) is 9.10. The summed E-state index contributed by atoms with van der Waals surface area (Å²) >= 11 is 0. The van der Waals surface area contributed by atoms with Crippen LogP contribution in [0.1, 0.15) is 49.9 Å². The predicted octanol–water partition coefficient (Wildman–Crippen LogP) is 3.46. The van der Waals surface area contributed by atoms with E-state index in [2.05, 4.69) is 6.92 Å². The van der Waals surface area contributed by atoms with Gasteiger partial charge in [0.05, 0.1) is 13.2 Å². The highest BCUT2D eigenvalue weighted by atomic mass is 16.5. The molecule has 0 radical (unpaired) electrons. The number of benzene rings is 1. The number of Topliss-reactive ketones (excluding diaryl/α,β-unsaturated/α-hetero) is 1. The molecule has 0 aliphatic heterocycles. The van der Waals surface area contributed by atoms with Gasteiger partial charge in [-0.15, -0.1) is 0 Å². The molecule has 3 nitrogen and oxygen atoms in total. The molecule has 2 atom stereocenters. The minimum absolute atomic E-state index is 0.00773. The number of aliphatic hydroxyl groups is 1. The molecule has 0 spiro atoms. The van der Waals surface area contributed by atoms with Crippen LogP contribution in [-0.2, 0) is 0 Å². The first kappa shape index (κ1) is 15.7. The molecule has 0 fully saturated rings. The van der Waals surface area contributed by atoms with Gasteiger partial charge in [-0.2, -0.15) is 0 Å². The Kier molecular flexibility index (Phi) is 6.57. The van der Waals surface area contributed by atoms with E-state index in [0.29, 0.717) is 12.0 Å². The fraction of sp³-hybridized carbons (Fsp3) is 0.562. The number of methoxy groups -OCH3 is 1. The SMILES string of the molecule is CCCCC[C@@H](O)[C@H](C)C(=O)c1ccc(OC)cc1. The molecule has 0 saturated heterocycles. The predicted molar refractivity (Wildman–Crippen MR) is 76.6 cm³/mol. The molecule has 1 rings (SSSR count). The number of rotatable bonds is 8. The maximum Gasteiger partial charge on any atom is 0.168 e. The Balaban J connectivity index is 2.59. The van der Waals surface area contributed by atoms with E-state index >= 15 is 0 Å². The van der Waals surface area contributed by atoms with Crippen LogP contribution in [0.25, 0.3) is 0 Å². The lowest BCUT2D eigenvalue weighted by Crippen LogP contribution is -2.25. The zero-order valence-corrected chi connectivity index (χ0v) is 12.1. The summed E-state index contributed by atoms with van der Waals surface area (Å²) in [5.74, 6) is 0.365. The van der Waals surface area contributed by atoms with Crippen LogP contribution in [0.4, 0.5) is 0 Å². The molecule has 19 heavy (non-hydrogen) atoms. The van der Waals surface area contributed by atoms with Crippen LogP contribution < -0.4 is 4.74 Å². The lowest BCUT2D eigenvalue weighted by molar-refractivity contribution is 0.0683. The zero-order valence-electron chi connectivity index (χ0n) is 12.1. The van der Waals surface area contributed by atoms with E-state index < -0.39 is 6.10 Å². The average Bonchev–Trinajstić information content (AvgIpc) is 2.46. The molecule has 1 N–H and O–H groups in total. The van der Waals surface area contributed by atoms with E-state index in [9.17, 15) is 9.90 Å². The third-order valence-electron chi connectivity index (χ3n) is 3.47. The van der Waals surface area contributed by atoms with Crippen molar-refractivity contribution in [3.8, 4) is 5.75 Å². The number of ketones is 1. The van der Waals surface area contributed by atoms with Crippen molar-refractivity contribution in [2.24, 2.45) is 5.92 Å². The third-order valence-corrected chi connectivity index (χ3v) is 3.47. The van der Waals surface area contributed by atoms with E-state index in [1.165, 1.54) is 0 Å². The maximum absolute atomic E-state index is 12.2. The van der Waals surface area contributed by atoms with Gasteiger partial charge in [0.25, 0.3) is 0 Å². The van der Waals surface area contributed by atoms with E-state index in [1.807, 2.05) is 0 Å². The summed E-state index contributed by atoms with van der Waals surface area (Å²) < 4.78 is 5.06. The molecule has 0 aromatic heterocycles. The highest BCUT2D eigenvalue weighted by Crippen LogP contribution is 2.19. The lowest BCUT2D eigenvalue weighted by atomic mass is 9.91. The van der Waals surface area contributed by atoms with Crippen molar-refractivity contribution in [2.45, 2.75) is 45.6 Å². The largest absolute Gasteiger partial charge is 0.497 e. The van der Waals surface area contributed by atoms with Crippen molar-refractivity contribution in [3.05, 3.63) is 29.8 Å². The summed E-state index contributed by atoms with van der Waals surface area (Å²) in [6, 6.07) is 7.03. The average molecular weight is 264 g/mol. The number of unbranched alkanes of at least 4 members (excludes halogenated alkanes) is 2. The van der Waals surface area contributed by atoms with Gasteiger partial charge in [0.15, 0.2) is 5.78 Å². The van der Waals surface area contributed by atoms with Gasteiger partial charge >= 0.3 is 0 Å². The number of hydrogen-bond donors (Lipinski definition) is 1. The topological polar surface area (TPSA) is 46.5 Å². The van der Waals surface area contributed by atoms with Crippen molar-refractivity contribution in [1.29, 1.82) is 0 Å². The summed E-state index contributed by atoms with van der Waals surface area (Å²) in [6.07, 6.45) is 3.32. The quantitative estimate of drug-likeness (QED) is 0.578. The Morgan fingerprint density at radius 2 is 1.89 bits per heavy atom. The summed E-state index contributed by atoms with van der Waals surface area (Å²) in [5.41, 5.74) is 0.628. The normalized spacial score (nSPS) is 13.9. The highest BCUT2D eigenvalue weighted by Gasteiger charge is 2.22. The van der Waals surface area contributed by atoms with Crippen LogP contribution in [-0.4, -0.2) is 24.1 Å². The molecule has 1 aromatic rings. The lowest BCUT2D eigenvalue weighted by Gasteiger charge is -2.17. The van der Waals surface area contributed by atoms with Crippen LogP contribution in [0, 0.1) is 5.92 Å². The first-order valence-electron chi connectivity index (χ1n) is 6.96. The van der Waals surface area contributed by atoms with Gasteiger partial charge in [-0.3, -0.25) is 4.79 Å². The van der Waals surface area contributed by atoms with Gasteiger partial charge in [-0.25, -0.2) is 0 Å². The fourth-order valence-corrected chi connectivity index (χ4v) is 2.05. The van der Waals surface area contributed by atoms with Crippen LogP contribution in [0.5, 0.6) is 5.75 Å². The van der Waals surface area contributed by atoms with Crippen molar-refractivity contribution in [1.82, 2.24) is 0 Å². The number of ether oxygens (including phenoxy) is 1. The number of aliphatic hydroxyl groups excluding tert-OH is 1. The van der Waals surface area contributed by atoms with E-state index in [-0.39, 0.29) is 11.7 Å². The summed E-state index contributed by atoms with van der Waals surface area (Å²) in [5, 5.41) is 10.0. The Morgan fingerprint density at radius 3 is 2.42 bits per heavy atom. The molecule has 106 valence electrons. The molecule has 0 heterocycles. The van der Waals surface area contributed by atoms with Crippen molar-refractivity contribution >= 4 is 5.78 Å². The minimum atomic E-state index is -0.554. The molecule has 0 bridgehead atoms. The van der Waals surface area contributed by atoms with E-state index in [1.54, 1.807) is 38.3 Å². The molecule has 0 aliphatic carbocycles. The van der Waals surface area contributed by atoms with Gasteiger partial charge in [-0.05, 0) is 30.7 Å². The smallest absolute Gasteiger partial charge is 0.168 e. The number of carbonyl (C=O) groups is 1. The molecular formula is C16H24O3. The number of carbonyl (C=O) groups excluding carboxylic acids is 1. The van der Waals surface area contributed by atoms with E-state index in [4.69, 9.17) is 4.74 Å². The van der Waals surface area contributed by atoms with Gasteiger partial charge < -0.3 is 9.84 Å². The summed E-state index contributed by atoms with van der Waals surface area (Å²) in [6.45, 7) is 3.92. The van der Waals surface area contributed by atoms with Crippen LogP contribution in [0.3, 0.4) is 0 Å². The molecule has 0 unspecified atom stereocenters. The highest BCUT2D eigenvalue weighted by molar-refractivity contribution is 5.98. The first-order valence-corrected chi connectivity index (χ1v) is 6.96. The second kappa shape index (κ2) is 7.95. The van der Waals surface area contributed by atoms with Crippen molar-refractivity contribution < 1.29 is 14.6 Å². The Bertz CT molecular complexity index is 383. The van der Waals surface area contributed by atoms with Crippen molar-refractivity contribution in [2.75, 3.05) is 7.11 Å². The molecular weight excluding hydrogens is 240 g/mol. The standard InChI is InChI=1S/C16H24O3/c1-4-5-6-7-15(17)12(2)16(18)13-8-10-14(19-3)11-9-13/h8-12,15,17H,4-7H2,1-3H3/t12-,15+/m0/s1. The van der Waals surface area contributed by atoms with Gasteiger partial charge in [-0.1, -0.05) is 33.1 Å². The van der Waals surface area contributed by atoms with Gasteiger partial charge in [0, 0.05) is 11.5 Å². The Labute approximate surface area is 115 Å². The van der Waals surface area contributed by atoms with Crippen molar-refractivity contribution in [3.63, 3.8) is 0 Å². The van der Waals surface area contributed by atoms with E-state index in [0.717, 1.165) is 25.0 Å². The summed E-state index contributed by atoms with van der Waals surface area (Å²) in [7, 11) is 1.59. The van der Waals surface area contributed by atoms with Crippen LogP contribution >= 0.6 is 0 Å². The molecule has 0 aliphatic rings. The summed E-state index contributed by atoms with van der Waals surface area (Å²) in [4.78, 5) is 12.2. The Hall–Kier alpha value is -1.35. The Morgan fingerprint density at radius 1 is 1.26 bits per heavy atom. The van der Waals surface area contributed by atoms with Crippen LogP contribution in [0.15, 0.2) is 24.3 Å². The second-order valence-corrected chi connectivity index (χ2v) is 4.94. The van der Waals surface area contributed by atoms with Gasteiger partial charge in [0.2, 0.25) is 0 Å². The second-order valence-electron chi connectivity index (χ2n) is 4.94. The monoisotopic (exact) mass is 264 g/mol.